The normalized spacial score (nSPS) is 19.0. The Morgan fingerprint density at radius 3 is 2.67 bits per heavy atom. The lowest BCUT2D eigenvalue weighted by Crippen LogP contribution is -2.37. The van der Waals surface area contributed by atoms with Crippen LogP contribution in [0.3, 0.4) is 0 Å². The summed E-state index contributed by atoms with van der Waals surface area (Å²) in [6, 6.07) is 2.81. The number of anilines is 1. The number of aliphatic hydroxyl groups is 1. The van der Waals surface area contributed by atoms with Gasteiger partial charge in [-0.15, -0.1) is 0 Å². The molecule has 1 heterocycles. The summed E-state index contributed by atoms with van der Waals surface area (Å²) in [5, 5.41) is 12.4. The minimum Gasteiger partial charge on any atom is -0.396 e. The third-order valence-electron chi connectivity index (χ3n) is 3.93. The Hall–Kier alpha value is -1.20. The fourth-order valence-electron chi connectivity index (χ4n) is 2.85. The predicted molar refractivity (Wildman–Crippen MR) is 80.4 cm³/mol. The average molecular weight is 298 g/mol. The Kier molecular flexibility index (Phi) is 5.94. The summed E-state index contributed by atoms with van der Waals surface area (Å²) in [7, 11) is 0. The van der Waals surface area contributed by atoms with E-state index in [1.165, 1.54) is 12.1 Å². The standard InChI is InChI=1S/C16H24F2N2O/c1-2-5-19-9-13-7-14(17)16(15(18)8-13)20-6-3-4-12(10-20)11-21/h7-8,12,19,21H,2-6,9-11H2,1H3. The number of aliphatic hydroxyl groups excluding tert-OH is 1. The topological polar surface area (TPSA) is 35.5 Å². The van der Waals surface area contributed by atoms with Crippen LogP contribution in [-0.4, -0.2) is 31.3 Å². The molecule has 1 unspecified atom stereocenters. The van der Waals surface area contributed by atoms with E-state index >= 15 is 0 Å². The number of hydrogen-bond acceptors (Lipinski definition) is 3. The SMILES string of the molecule is CCCNCc1cc(F)c(N2CCCC(CO)C2)c(F)c1. The van der Waals surface area contributed by atoms with Gasteiger partial charge in [-0.3, -0.25) is 0 Å². The maximum atomic E-state index is 14.3. The quantitative estimate of drug-likeness (QED) is 0.793. The molecule has 1 aromatic carbocycles. The number of rotatable bonds is 6. The van der Waals surface area contributed by atoms with Crippen LogP contribution in [0.4, 0.5) is 14.5 Å². The minimum atomic E-state index is -0.512. The zero-order valence-corrected chi connectivity index (χ0v) is 12.5. The van der Waals surface area contributed by atoms with E-state index in [2.05, 4.69) is 5.32 Å². The van der Waals surface area contributed by atoms with Crippen LogP contribution in [0, 0.1) is 17.6 Å². The van der Waals surface area contributed by atoms with Crippen molar-refractivity contribution in [1.29, 1.82) is 0 Å². The smallest absolute Gasteiger partial charge is 0.149 e. The van der Waals surface area contributed by atoms with Gasteiger partial charge in [-0.1, -0.05) is 6.92 Å². The fourth-order valence-corrected chi connectivity index (χ4v) is 2.85. The van der Waals surface area contributed by atoms with Crippen molar-refractivity contribution in [2.45, 2.75) is 32.7 Å². The van der Waals surface area contributed by atoms with Crippen LogP contribution in [-0.2, 0) is 6.54 Å². The van der Waals surface area contributed by atoms with Gasteiger partial charge in [-0.2, -0.15) is 0 Å². The summed E-state index contributed by atoms with van der Waals surface area (Å²) in [4.78, 5) is 1.72. The molecule has 3 nitrogen and oxygen atoms in total. The Labute approximate surface area is 125 Å². The molecular formula is C16H24F2N2O. The summed E-state index contributed by atoms with van der Waals surface area (Å²) < 4.78 is 28.5. The Morgan fingerprint density at radius 1 is 1.33 bits per heavy atom. The number of nitrogens with zero attached hydrogens (tertiary/aromatic N) is 1. The molecule has 0 spiro atoms. The summed E-state index contributed by atoms with van der Waals surface area (Å²) in [6.07, 6.45) is 2.75. The average Bonchev–Trinajstić information content (AvgIpc) is 2.47. The molecule has 0 bridgehead atoms. The molecule has 0 radical (unpaired) electrons. The summed E-state index contributed by atoms with van der Waals surface area (Å²) in [5.41, 5.74) is 0.672. The van der Waals surface area contributed by atoms with E-state index in [4.69, 9.17) is 0 Å². The summed E-state index contributed by atoms with van der Waals surface area (Å²) in [6.45, 7) is 4.57. The number of piperidine rings is 1. The molecular weight excluding hydrogens is 274 g/mol. The van der Waals surface area contributed by atoms with E-state index in [0.717, 1.165) is 25.8 Å². The highest BCUT2D eigenvalue weighted by molar-refractivity contribution is 5.51. The van der Waals surface area contributed by atoms with Gasteiger partial charge in [0.25, 0.3) is 0 Å². The number of hydrogen-bond donors (Lipinski definition) is 2. The molecule has 0 aromatic heterocycles. The first-order valence-electron chi connectivity index (χ1n) is 7.70. The summed E-state index contributed by atoms with van der Waals surface area (Å²) in [5.74, 6) is -0.924. The fraction of sp³-hybridized carbons (Fsp3) is 0.625. The van der Waals surface area contributed by atoms with Crippen LogP contribution in [0.15, 0.2) is 12.1 Å². The monoisotopic (exact) mass is 298 g/mol. The van der Waals surface area contributed by atoms with E-state index in [9.17, 15) is 13.9 Å². The van der Waals surface area contributed by atoms with Crippen molar-refractivity contribution >= 4 is 5.69 Å². The van der Waals surface area contributed by atoms with Crippen LogP contribution in [0.5, 0.6) is 0 Å². The largest absolute Gasteiger partial charge is 0.396 e. The van der Waals surface area contributed by atoms with Crippen molar-refractivity contribution in [2.24, 2.45) is 5.92 Å². The third-order valence-corrected chi connectivity index (χ3v) is 3.93. The van der Waals surface area contributed by atoms with Gasteiger partial charge >= 0.3 is 0 Å². The van der Waals surface area contributed by atoms with Gasteiger partial charge in [0.2, 0.25) is 0 Å². The molecule has 0 aliphatic carbocycles. The van der Waals surface area contributed by atoms with E-state index in [0.29, 0.717) is 25.2 Å². The first-order valence-corrected chi connectivity index (χ1v) is 7.70. The van der Waals surface area contributed by atoms with Crippen LogP contribution in [0.2, 0.25) is 0 Å². The zero-order valence-electron chi connectivity index (χ0n) is 12.5. The lowest BCUT2D eigenvalue weighted by atomic mass is 9.98. The molecule has 2 N–H and O–H groups in total. The number of halogens is 2. The Balaban J connectivity index is 2.12. The molecule has 1 fully saturated rings. The van der Waals surface area contributed by atoms with Crippen LogP contribution in [0.1, 0.15) is 31.7 Å². The van der Waals surface area contributed by atoms with Crippen molar-refractivity contribution in [3.63, 3.8) is 0 Å². The first kappa shape index (κ1) is 16.2. The van der Waals surface area contributed by atoms with Crippen LogP contribution in [0.25, 0.3) is 0 Å². The molecule has 118 valence electrons. The van der Waals surface area contributed by atoms with E-state index in [1.807, 2.05) is 6.92 Å². The highest BCUT2D eigenvalue weighted by Crippen LogP contribution is 2.29. The molecule has 21 heavy (non-hydrogen) atoms. The molecule has 1 saturated heterocycles. The van der Waals surface area contributed by atoms with Crippen LogP contribution < -0.4 is 10.2 Å². The molecule has 1 aliphatic rings. The molecule has 5 heteroatoms. The van der Waals surface area contributed by atoms with Crippen molar-refractivity contribution < 1.29 is 13.9 Å². The van der Waals surface area contributed by atoms with Gasteiger partial charge in [0.1, 0.15) is 17.3 Å². The van der Waals surface area contributed by atoms with E-state index in [-0.39, 0.29) is 18.2 Å². The maximum absolute atomic E-state index is 14.3. The van der Waals surface area contributed by atoms with Crippen molar-refractivity contribution in [3.8, 4) is 0 Å². The van der Waals surface area contributed by atoms with Gasteiger partial charge in [0.05, 0.1) is 0 Å². The van der Waals surface area contributed by atoms with Crippen LogP contribution >= 0.6 is 0 Å². The van der Waals surface area contributed by atoms with Crippen molar-refractivity contribution in [1.82, 2.24) is 5.32 Å². The van der Waals surface area contributed by atoms with Gasteiger partial charge in [0, 0.05) is 26.2 Å². The minimum absolute atomic E-state index is 0.0485. The predicted octanol–water partition coefficient (Wildman–Crippen LogP) is 2.67. The highest BCUT2D eigenvalue weighted by Gasteiger charge is 2.24. The number of benzene rings is 1. The van der Waals surface area contributed by atoms with Crippen molar-refractivity contribution in [3.05, 3.63) is 29.3 Å². The Bertz CT molecular complexity index is 445. The second kappa shape index (κ2) is 7.71. The van der Waals surface area contributed by atoms with Crippen molar-refractivity contribution in [2.75, 3.05) is 31.1 Å². The second-order valence-corrected chi connectivity index (χ2v) is 5.72. The molecule has 1 atom stereocenters. The molecule has 0 saturated carbocycles. The van der Waals surface area contributed by atoms with Gasteiger partial charge in [-0.05, 0) is 49.4 Å². The third kappa shape index (κ3) is 4.14. The lowest BCUT2D eigenvalue weighted by Gasteiger charge is -2.34. The zero-order chi connectivity index (χ0) is 15.2. The number of nitrogens with one attached hydrogen (secondary N) is 1. The van der Waals surface area contributed by atoms with E-state index < -0.39 is 11.6 Å². The van der Waals surface area contributed by atoms with Gasteiger partial charge in [-0.25, -0.2) is 8.78 Å². The van der Waals surface area contributed by atoms with Gasteiger partial charge < -0.3 is 15.3 Å². The highest BCUT2D eigenvalue weighted by atomic mass is 19.1. The maximum Gasteiger partial charge on any atom is 0.149 e. The van der Waals surface area contributed by atoms with Gasteiger partial charge in [0.15, 0.2) is 0 Å². The van der Waals surface area contributed by atoms with E-state index in [1.54, 1.807) is 4.90 Å². The Morgan fingerprint density at radius 2 is 2.05 bits per heavy atom. The summed E-state index contributed by atoms with van der Waals surface area (Å²) >= 11 is 0. The molecule has 1 aliphatic heterocycles. The lowest BCUT2D eigenvalue weighted by molar-refractivity contribution is 0.208. The molecule has 0 amide bonds. The molecule has 2 rings (SSSR count). The second-order valence-electron chi connectivity index (χ2n) is 5.72. The molecule has 1 aromatic rings. The first-order chi connectivity index (χ1) is 10.2.